The quantitative estimate of drug-likeness (QED) is 0.0131. The third-order valence-electron chi connectivity index (χ3n) is 25.7. The predicted octanol–water partition coefficient (Wildman–Crippen LogP) is 24.2. The lowest BCUT2D eigenvalue weighted by Crippen LogP contribution is -2.41. The average molecular weight is 2170 g/mol. The lowest BCUT2D eigenvalue weighted by Gasteiger charge is -2.35. The molecule has 8 aromatic heterocycles. The van der Waals surface area contributed by atoms with Gasteiger partial charge in [0.15, 0.2) is 5.16 Å². The van der Waals surface area contributed by atoms with E-state index < -0.39 is 12.8 Å². The van der Waals surface area contributed by atoms with E-state index >= 15 is 0 Å². The molecule has 750 valence electrons. The third-order valence-corrected chi connectivity index (χ3v) is 28.0. The van der Waals surface area contributed by atoms with Gasteiger partial charge in [0.2, 0.25) is 11.9 Å². The molecule has 5 aliphatic rings. The number of amides is 4. The van der Waals surface area contributed by atoms with E-state index in [1.807, 2.05) is 198 Å². The van der Waals surface area contributed by atoms with Crippen LogP contribution in [0.15, 0.2) is 246 Å². The van der Waals surface area contributed by atoms with Crippen molar-refractivity contribution in [2.45, 2.75) is 88.2 Å². The maximum absolute atomic E-state index is 12.7. The number of carbonyl (C=O) groups excluding carboxylic acids is 4. The van der Waals surface area contributed by atoms with Crippen molar-refractivity contribution in [2.75, 3.05) is 130 Å². The second-order valence-corrected chi connectivity index (χ2v) is 38.6. The van der Waals surface area contributed by atoms with Crippen molar-refractivity contribution in [3.8, 4) is 17.2 Å². The minimum Gasteiger partial charge on any atom is -0.491 e. The van der Waals surface area contributed by atoms with E-state index in [4.69, 9.17) is 72.7 Å². The van der Waals surface area contributed by atoms with Crippen LogP contribution in [0.1, 0.15) is 135 Å². The lowest BCUT2D eigenvalue weighted by atomic mass is 9.92. The van der Waals surface area contributed by atoms with Crippen LogP contribution in [0.25, 0.3) is 54.5 Å². The van der Waals surface area contributed by atoms with Crippen LogP contribution in [-0.2, 0) is 55.8 Å². The number of ether oxygens (including phenoxy) is 8. The maximum Gasteiger partial charge on any atom is 0.410 e. The number of alkyl halides is 1. The van der Waals surface area contributed by atoms with Gasteiger partial charge in [-0.2, -0.15) is 0 Å². The second-order valence-electron chi connectivity index (χ2n) is 34.7. The van der Waals surface area contributed by atoms with Crippen molar-refractivity contribution in [1.29, 1.82) is 0 Å². The Morgan fingerprint density at radius 2 is 0.759 bits per heavy atom. The first-order valence-corrected chi connectivity index (χ1v) is 51.6. The molecule has 8 aromatic carbocycles. The van der Waals surface area contributed by atoms with Gasteiger partial charge >= 0.3 is 24.4 Å². The largest absolute Gasteiger partial charge is 0.491 e. The Bertz CT molecular complexity index is 7290. The zero-order chi connectivity index (χ0) is 101. The van der Waals surface area contributed by atoms with E-state index in [0.717, 1.165) is 158 Å². The summed E-state index contributed by atoms with van der Waals surface area (Å²) in [6.45, 7) is 17.7. The highest BCUT2D eigenvalue weighted by Crippen LogP contribution is 2.47. The molecule has 36 heteroatoms. The predicted molar refractivity (Wildman–Crippen MR) is 573 cm³/mol. The van der Waals surface area contributed by atoms with Crippen LogP contribution in [-0.4, -0.2) is 219 Å². The zero-order valence-corrected chi connectivity index (χ0v) is 87.2. The molecule has 4 amide bonds. The molecule has 0 saturated carbocycles. The topological polar surface area (TPSA) is 318 Å². The fourth-order valence-electron chi connectivity index (χ4n) is 19.4. The number of H-pyrrole nitrogens is 5. The highest BCUT2D eigenvalue weighted by atomic mass is 79.9. The molecular weight excluding hydrogens is 2060 g/mol. The maximum atomic E-state index is 12.7. The van der Waals surface area contributed by atoms with Crippen LogP contribution in [0.4, 0.5) is 35.5 Å². The first-order valence-electron chi connectivity index (χ1n) is 47.7. The van der Waals surface area contributed by atoms with Gasteiger partial charge in [-0.25, -0.2) is 53.5 Å². The molecule has 16 aromatic rings. The molecule has 0 aliphatic carbocycles. The Hall–Kier alpha value is -13.7. The number of nitrogens with one attached hydrogen (secondary N) is 5. The Morgan fingerprint density at radius 3 is 1.11 bits per heavy atom. The monoisotopic (exact) mass is 2160 g/mol. The lowest BCUT2D eigenvalue weighted by molar-refractivity contribution is 0.0836. The molecule has 145 heavy (non-hydrogen) atoms. The number of nitrogens with zero attached hydrogens (tertiary/aromatic N) is 12. The second kappa shape index (κ2) is 47.5. The fraction of sp³-hybridized carbons (Fsp3) is 0.284. The first kappa shape index (κ1) is 103. The first-order chi connectivity index (χ1) is 70.6. The Kier molecular flexibility index (Phi) is 33.6. The van der Waals surface area contributed by atoms with Crippen LogP contribution in [0.2, 0.25) is 15.1 Å². The standard InChI is InChI=1S/C23H22ClFN2O3.C23H25ClN2O4.C23H23ClN2O3.C21H20BrN7.C19H19BrN4O2S/c1-2-12-29-17-6-3-15(4-7-17)22-21-18(9-11-27(22)23(28)30-13-10-25)19-14-16(24)5-8-20(19)26-21;1-3-29-23(27)26-11-10-18-19-14-16(24)6-9-20(19)25-21(18)22(26)15-4-7-17(8-5-15)30-13-12-28-2;1-3-13-29-17-8-5-15(6-9-17)22-21-18(11-12-26(22)23(27)28-4-2)19-14-16(24)7-10-20(19)25-21;1-28(2)20-25-11-13(12-26-20)19-18-15(16-10-14(22)4-5-17(16)27-18)6-9-29(19)21-23-7-3-8-24-21;1-3-26-19(25)24-7-6-13-14-8-12(20)4-5-15(14)23-16(13)17(24)11-9-21-18(27-2)22-10-11/h2-8,14,22,26H,1,9-13H2;4-9,14,22,25H,3,10-13H2,1-2H3;3,5-10,14,22,25H,1,4,11-13H2,2H3;3-5,7-8,10-12,19,27H,6,9H2,1-2H3;4-5,8-10,17,23H,3,6-7H2,1-2H3. The summed E-state index contributed by atoms with van der Waals surface area (Å²) in [6, 6.07) is 53.6. The molecule has 29 nitrogen and oxygen atoms in total. The van der Waals surface area contributed by atoms with Crippen molar-refractivity contribution in [1.82, 2.24) is 74.4 Å². The summed E-state index contributed by atoms with van der Waals surface area (Å²) in [6.07, 6.45) is 18.6. The number of aromatic nitrogens is 11. The average Bonchev–Trinajstić information content (AvgIpc) is 1.62. The van der Waals surface area contributed by atoms with Gasteiger partial charge < -0.3 is 72.6 Å². The van der Waals surface area contributed by atoms with Crippen molar-refractivity contribution in [2.24, 2.45) is 0 Å². The SMILES string of the molecule is C=CCOc1ccc(C2c3[nH]c4ccc(Cl)cc4c3CCN2C(=O)OCC)cc1.C=CCOc1ccc(C2c3[nH]c4ccc(Cl)cc4c3CCN2C(=O)OCCF)cc1.CCOC(=O)N1CCc2c([nH]c3ccc(Br)cc23)C1c1cnc(SC)nc1.CCOC(=O)N1CCc2c([nH]c3ccc(Cl)cc23)C1c1ccc(OCCOC)cc1.CN(C)c1ncc(C2c3[nH]c4ccc(Br)cc4c3CCN2c2ncccn2)cn1. The van der Waals surface area contributed by atoms with Crippen LogP contribution < -0.4 is 24.0 Å². The highest BCUT2D eigenvalue weighted by Gasteiger charge is 2.42. The summed E-state index contributed by atoms with van der Waals surface area (Å²) in [5.74, 6) is 3.63. The summed E-state index contributed by atoms with van der Waals surface area (Å²) in [5.41, 5.74) is 21.1. The van der Waals surface area contributed by atoms with Crippen LogP contribution in [0.5, 0.6) is 17.2 Å². The van der Waals surface area contributed by atoms with Gasteiger partial charge in [-0.05, 0) is 237 Å². The Morgan fingerprint density at radius 1 is 0.428 bits per heavy atom. The number of benzene rings is 8. The van der Waals surface area contributed by atoms with Gasteiger partial charge in [0.05, 0.1) is 26.4 Å². The molecule has 0 fully saturated rings. The summed E-state index contributed by atoms with van der Waals surface area (Å²) < 4.78 is 57.6. The molecule has 5 N–H and O–H groups in total. The van der Waals surface area contributed by atoms with E-state index in [2.05, 4.69) is 135 Å². The van der Waals surface area contributed by atoms with Crippen LogP contribution in [0, 0.1) is 0 Å². The number of thioether (sulfide) groups is 1. The van der Waals surface area contributed by atoms with Crippen LogP contribution in [0.3, 0.4) is 0 Å². The minimum atomic E-state index is -0.713. The van der Waals surface area contributed by atoms with Gasteiger partial charge in [-0.1, -0.05) is 140 Å². The number of hydrogen-bond donors (Lipinski definition) is 5. The summed E-state index contributed by atoms with van der Waals surface area (Å²) in [7, 11) is 5.52. The Labute approximate surface area is 874 Å². The number of hydrogen-bond acceptors (Lipinski definition) is 21. The normalized spacial score (nSPS) is 16.0. The van der Waals surface area contributed by atoms with E-state index in [9.17, 15) is 23.6 Å². The highest BCUT2D eigenvalue weighted by molar-refractivity contribution is 9.10. The molecule has 13 heterocycles. The van der Waals surface area contributed by atoms with Gasteiger partial charge in [-0.3, -0.25) is 19.6 Å². The number of aromatic amines is 5. The summed E-state index contributed by atoms with van der Waals surface area (Å²) >= 11 is 27.3. The van der Waals surface area contributed by atoms with Crippen molar-refractivity contribution in [3.63, 3.8) is 0 Å². The summed E-state index contributed by atoms with van der Waals surface area (Å²) in [5, 5.41) is 8.45. The molecule has 0 spiro atoms. The van der Waals surface area contributed by atoms with E-state index in [-0.39, 0.29) is 55.1 Å². The van der Waals surface area contributed by atoms with Crippen LogP contribution >= 0.6 is 78.4 Å². The van der Waals surface area contributed by atoms with Crippen molar-refractivity contribution in [3.05, 3.63) is 340 Å². The van der Waals surface area contributed by atoms with E-state index in [1.54, 1.807) is 63.6 Å². The van der Waals surface area contributed by atoms with Crippen molar-refractivity contribution < 1.29 is 61.5 Å². The van der Waals surface area contributed by atoms with Crippen molar-refractivity contribution >= 4 is 169 Å². The molecule has 0 bridgehead atoms. The Balaban J connectivity index is 0.000000124. The van der Waals surface area contributed by atoms with Gasteiger partial charge in [0.25, 0.3) is 0 Å². The van der Waals surface area contributed by atoms with E-state index in [0.29, 0.717) is 117 Å². The smallest absolute Gasteiger partial charge is 0.410 e. The number of methoxy groups -OCH3 is 1. The number of halogens is 6. The summed E-state index contributed by atoms with van der Waals surface area (Å²) in [4.78, 5) is 106. The molecular formula is C109H109Br2Cl3FN17O12S. The number of anilines is 2. The van der Waals surface area contributed by atoms with Gasteiger partial charge in [0.1, 0.15) is 80.6 Å². The van der Waals surface area contributed by atoms with E-state index in [1.165, 1.54) is 44.8 Å². The number of carbonyl (C=O) groups is 4. The molecule has 21 rings (SSSR count). The zero-order valence-electron chi connectivity index (χ0n) is 81.0. The minimum absolute atomic E-state index is 0.0801. The van der Waals surface area contributed by atoms with Gasteiger partial charge in [-0.15, -0.1) is 0 Å². The fourth-order valence-corrected chi connectivity index (χ4v) is 20.9. The number of fused-ring (bicyclic) bond motifs is 15. The van der Waals surface area contributed by atoms with Gasteiger partial charge in [0, 0.05) is 209 Å². The molecule has 5 aliphatic heterocycles. The third kappa shape index (κ3) is 22.9. The number of rotatable bonds is 23. The molecule has 0 saturated heterocycles. The molecule has 5 atom stereocenters. The molecule has 5 unspecified atom stereocenters. The molecule has 0 radical (unpaired) electrons.